The highest BCUT2D eigenvalue weighted by atomic mass is 35.5. The van der Waals surface area contributed by atoms with E-state index in [-0.39, 0.29) is 23.7 Å². The Morgan fingerprint density at radius 2 is 2.21 bits per heavy atom. The Balaban J connectivity index is 1.54. The molecule has 0 aliphatic carbocycles. The SMILES string of the molecule is C[C@H](Cn1cc(Cl)cn1)n1cnc2cc3c(cc2c1=O)OC1CCCN1C3=O. The summed E-state index contributed by atoms with van der Waals surface area (Å²) in [5.74, 6) is 0.407. The Kier molecular flexibility index (Phi) is 3.90. The molecule has 0 N–H and O–H groups in total. The van der Waals surface area contributed by atoms with E-state index >= 15 is 0 Å². The number of ether oxygens (including phenoxy) is 1. The summed E-state index contributed by atoms with van der Waals surface area (Å²) in [7, 11) is 0. The van der Waals surface area contributed by atoms with E-state index in [1.54, 1.807) is 38.7 Å². The number of halogens is 1. The molecule has 0 saturated carbocycles. The lowest BCUT2D eigenvalue weighted by molar-refractivity contribution is 0.0295. The van der Waals surface area contributed by atoms with Gasteiger partial charge in [-0.25, -0.2) is 4.98 Å². The molecule has 28 heavy (non-hydrogen) atoms. The van der Waals surface area contributed by atoms with Gasteiger partial charge in [0.05, 0.1) is 46.6 Å². The zero-order valence-corrected chi connectivity index (χ0v) is 16.0. The number of carbonyl (C=O) groups is 1. The Labute approximate surface area is 165 Å². The van der Waals surface area contributed by atoms with Crippen LogP contribution in [0, 0.1) is 0 Å². The van der Waals surface area contributed by atoms with Gasteiger partial charge in [0.25, 0.3) is 11.5 Å². The average Bonchev–Trinajstić information content (AvgIpc) is 3.30. The van der Waals surface area contributed by atoms with Crippen molar-refractivity contribution in [3.8, 4) is 5.75 Å². The standard InChI is InChI=1S/C19H18ClN5O3/c1-11(8-23-9-12(20)7-22-23)25-10-21-15-5-14-16(6-13(15)18(25)26)28-17-3-2-4-24(17)19(14)27/h5-7,9-11,17H,2-4,8H2,1H3/t11-,17?/m1/s1. The highest BCUT2D eigenvalue weighted by molar-refractivity contribution is 6.30. The van der Waals surface area contributed by atoms with Gasteiger partial charge in [0.1, 0.15) is 5.75 Å². The highest BCUT2D eigenvalue weighted by Gasteiger charge is 2.37. The molecule has 5 rings (SSSR count). The van der Waals surface area contributed by atoms with Crippen LogP contribution in [-0.2, 0) is 6.54 Å². The van der Waals surface area contributed by atoms with Crippen molar-refractivity contribution in [2.45, 2.75) is 38.6 Å². The lowest BCUT2D eigenvalue weighted by Crippen LogP contribution is -2.43. The minimum Gasteiger partial charge on any atom is -0.470 e. The molecule has 2 atom stereocenters. The first-order valence-electron chi connectivity index (χ1n) is 9.22. The Bertz CT molecular complexity index is 1150. The molecule has 2 aliphatic heterocycles. The predicted octanol–water partition coefficient (Wildman–Crippen LogP) is 2.46. The predicted molar refractivity (Wildman–Crippen MR) is 103 cm³/mol. The van der Waals surface area contributed by atoms with Crippen LogP contribution in [0.3, 0.4) is 0 Å². The van der Waals surface area contributed by atoms with Gasteiger partial charge in [-0.1, -0.05) is 11.6 Å². The van der Waals surface area contributed by atoms with E-state index in [9.17, 15) is 9.59 Å². The Hall–Kier alpha value is -2.87. The third-order valence-electron chi connectivity index (χ3n) is 5.36. The van der Waals surface area contributed by atoms with Gasteiger partial charge in [0, 0.05) is 19.2 Å². The van der Waals surface area contributed by atoms with E-state index in [0.717, 1.165) is 12.8 Å². The highest BCUT2D eigenvalue weighted by Crippen LogP contribution is 2.34. The van der Waals surface area contributed by atoms with Crippen molar-refractivity contribution in [3.05, 3.63) is 51.8 Å². The first-order chi connectivity index (χ1) is 13.5. The smallest absolute Gasteiger partial charge is 0.261 e. The number of hydrogen-bond acceptors (Lipinski definition) is 5. The van der Waals surface area contributed by atoms with Crippen LogP contribution in [0.25, 0.3) is 10.9 Å². The van der Waals surface area contributed by atoms with Crippen molar-refractivity contribution in [1.29, 1.82) is 0 Å². The van der Waals surface area contributed by atoms with Gasteiger partial charge in [-0.15, -0.1) is 0 Å². The van der Waals surface area contributed by atoms with Crippen LogP contribution in [0.5, 0.6) is 5.75 Å². The zero-order chi connectivity index (χ0) is 19.4. The summed E-state index contributed by atoms with van der Waals surface area (Å²) < 4.78 is 9.24. The number of amides is 1. The number of nitrogens with zero attached hydrogens (tertiary/aromatic N) is 5. The van der Waals surface area contributed by atoms with E-state index in [2.05, 4.69) is 10.1 Å². The number of fused-ring (bicyclic) bond motifs is 3. The van der Waals surface area contributed by atoms with Crippen LogP contribution in [0.15, 0.2) is 35.6 Å². The third-order valence-corrected chi connectivity index (χ3v) is 5.56. The van der Waals surface area contributed by atoms with Crippen molar-refractivity contribution in [2.24, 2.45) is 0 Å². The summed E-state index contributed by atoms with van der Waals surface area (Å²) >= 11 is 5.91. The van der Waals surface area contributed by atoms with Crippen LogP contribution in [0.1, 0.15) is 36.2 Å². The molecule has 1 aromatic carbocycles. The van der Waals surface area contributed by atoms with Gasteiger partial charge in [-0.2, -0.15) is 5.10 Å². The molecule has 2 aromatic heterocycles. The molecule has 2 aliphatic rings. The van der Waals surface area contributed by atoms with E-state index < -0.39 is 0 Å². The molecule has 4 heterocycles. The van der Waals surface area contributed by atoms with Crippen LogP contribution < -0.4 is 10.3 Å². The number of rotatable bonds is 3. The quantitative estimate of drug-likeness (QED) is 0.675. The fraction of sp³-hybridized carbons (Fsp3) is 0.368. The minimum absolute atomic E-state index is 0.0550. The van der Waals surface area contributed by atoms with Crippen molar-refractivity contribution < 1.29 is 9.53 Å². The largest absolute Gasteiger partial charge is 0.470 e. The molecule has 0 bridgehead atoms. The molecule has 0 spiro atoms. The van der Waals surface area contributed by atoms with Gasteiger partial charge in [0.2, 0.25) is 0 Å². The molecule has 1 saturated heterocycles. The van der Waals surface area contributed by atoms with Gasteiger partial charge < -0.3 is 9.64 Å². The number of carbonyl (C=O) groups excluding carboxylic acids is 1. The van der Waals surface area contributed by atoms with E-state index in [0.29, 0.717) is 40.3 Å². The molecule has 1 unspecified atom stereocenters. The van der Waals surface area contributed by atoms with E-state index in [1.807, 2.05) is 6.92 Å². The van der Waals surface area contributed by atoms with E-state index in [4.69, 9.17) is 16.3 Å². The first kappa shape index (κ1) is 17.2. The summed E-state index contributed by atoms with van der Waals surface area (Å²) in [5, 5.41) is 5.14. The van der Waals surface area contributed by atoms with Crippen LogP contribution >= 0.6 is 11.6 Å². The third kappa shape index (κ3) is 2.67. The van der Waals surface area contributed by atoms with Crippen molar-refractivity contribution in [2.75, 3.05) is 6.54 Å². The first-order valence-corrected chi connectivity index (χ1v) is 9.59. The maximum atomic E-state index is 13.1. The molecule has 3 aromatic rings. The molecular weight excluding hydrogens is 382 g/mol. The molecule has 144 valence electrons. The zero-order valence-electron chi connectivity index (χ0n) is 15.2. The van der Waals surface area contributed by atoms with Crippen LogP contribution in [0.2, 0.25) is 5.02 Å². The van der Waals surface area contributed by atoms with Crippen LogP contribution in [-0.4, -0.2) is 42.9 Å². The van der Waals surface area contributed by atoms with Crippen LogP contribution in [0.4, 0.5) is 0 Å². The fourth-order valence-electron chi connectivity index (χ4n) is 3.93. The molecule has 0 radical (unpaired) electrons. The Morgan fingerprint density at radius 3 is 3.00 bits per heavy atom. The maximum absolute atomic E-state index is 13.1. The Morgan fingerprint density at radius 1 is 1.36 bits per heavy atom. The van der Waals surface area contributed by atoms with Gasteiger partial charge in [-0.3, -0.25) is 18.8 Å². The molecule has 8 nitrogen and oxygen atoms in total. The number of hydrogen-bond donors (Lipinski definition) is 0. The molecule has 1 fully saturated rings. The summed E-state index contributed by atoms with van der Waals surface area (Å²) in [6.45, 7) is 3.10. The van der Waals surface area contributed by atoms with Crippen molar-refractivity contribution in [1.82, 2.24) is 24.2 Å². The lowest BCUT2D eigenvalue weighted by Gasteiger charge is -2.31. The van der Waals surface area contributed by atoms with Gasteiger partial charge in [-0.05, 0) is 25.5 Å². The number of benzene rings is 1. The summed E-state index contributed by atoms with van der Waals surface area (Å²) in [4.78, 5) is 32.0. The second-order valence-corrected chi connectivity index (χ2v) is 7.70. The lowest BCUT2D eigenvalue weighted by atomic mass is 10.1. The normalized spacial score (nSPS) is 19.4. The molecular formula is C19H18ClN5O3. The topological polar surface area (TPSA) is 82.2 Å². The molecule has 9 heteroatoms. The van der Waals surface area contributed by atoms with Gasteiger partial charge >= 0.3 is 0 Å². The fourth-order valence-corrected chi connectivity index (χ4v) is 4.09. The maximum Gasteiger partial charge on any atom is 0.261 e. The second kappa shape index (κ2) is 6.34. The average molecular weight is 400 g/mol. The second-order valence-electron chi connectivity index (χ2n) is 7.27. The number of aromatic nitrogens is 4. The van der Waals surface area contributed by atoms with Crippen molar-refractivity contribution in [3.63, 3.8) is 0 Å². The van der Waals surface area contributed by atoms with Crippen molar-refractivity contribution >= 4 is 28.4 Å². The molecule has 1 amide bonds. The monoisotopic (exact) mass is 399 g/mol. The summed E-state index contributed by atoms with van der Waals surface area (Å²) in [5.41, 5.74) is 0.780. The summed E-state index contributed by atoms with van der Waals surface area (Å²) in [6, 6.07) is 3.14. The van der Waals surface area contributed by atoms with Gasteiger partial charge in [0.15, 0.2) is 6.23 Å². The summed E-state index contributed by atoms with van der Waals surface area (Å²) in [6.07, 6.45) is 6.27. The minimum atomic E-state index is -0.236. The van der Waals surface area contributed by atoms with E-state index in [1.165, 1.54) is 6.33 Å².